The molecule has 1 atom stereocenters. The summed E-state index contributed by atoms with van der Waals surface area (Å²) in [5.74, 6) is 3.28. The number of amides is 1. The minimum absolute atomic E-state index is 0.247. The summed E-state index contributed by atoms with van der Waals surface area (Å²) in [7, 11) is 1.81. The van der Waals surface area contributed by atoms with Crippen LogP contribution in [0.3, 0.4) is 0 Å². The van der Waals surface area contributed by atoms with Crippen molar-refractivity contribution in [1.82, 2.24) is 5.32 Å². The topological polar surface area (TPSA) is 55.1 Å². The van der Waals surface area contributed by atoms with Crippen LogP contribution in [0.25, 0.3) is 0 Å². The van der Waals surface area contributed by atoms with Crippen LogP contribution in [-0.2, 0) is 4.79 Å². The van der Waals surface area contributed by atoms with Gasteiger partial charge >= 0.3 is 0 Å². The maximum absolute atomic E-state index is 11.3. The van der Waals surface area contributed by atoms with Gasteiger partial charge in [-0.1, -0.05) is 19.3 Å². The Balaban J connectivity index is 2.02. The molecule has 18 heavy (non-hydrogen) atoms. The van der Waals surface area contributed by atoms with E-state index in [4.69, 9.17) is 5.73 Å². The van der Waals surface area contributed by atoms with Crippen LogP contribution in [0, 0.1) is 5.92 Å². The van der Waals surface area contributed by atoms with E-state index in [2.05, 4.69) is 17.1 Å². The van der Waals surface area contributed by atoms with E-state index >= 15 is 0 Å². The first-order chi connectivity index (χ1) is 8.58. The van der Waals surface area contributed by atoms with E-state index in [1.54, 1.807) is 7.05 Å². The third-order valence-electron chi connectivity index (χ3n) is 4.14. The van der Waals surface area contributed by atoms with Gasteiger partial charge in [0.2, 0.25) is 5.91 Å². The molecule has 1 aliphatic rings. The Morgan fingerprint density at radius 2 is 2.06 bits per heavy atom. The Morgan fingerprint density at radius 3 is 2.61 bits per heavy atom. The van der Waals surface area contributed by atoms with Crippen molar-refractivity contribution in [1.29, 1.82) is 0 Å². The summed E-state index contributed by atoms with van der Waals surface area (Å²) in [6.07, 6.45) is 8.83. The molecule has 1 amide bonds. The maximum atomic E-state index is 11.3. The highest BCUT2D eigenvalue weighted by atomic mass is 32.2. The van der Waals surface area contributed by atoms with Gasteiger partial charge in [-0.3, -0.25) is 4.79 Å². The molecule has 1 fully saturated rings. The average molecular weight is 272 g/mol. The number of nitrogens with two attached hydrogens (primary N) is 1. The van der Waals surface area contributed by atoms with Crippen molar-refractivity contribution < 1.29 is 4.79 Å². The molecule has 0 aliphatic heterocycles. The fourth-order valence-electron chi connectivity index (χ4n) is 2.48. The van der Waals surface area contributed by atoms with Crippen molar-refractivity contribution in [3.63, 3.8) is 0 Å². The van der Waals surface area contributed by atoms with E-state index in [1.165, 1.54) is 43.6 Å². The van der Waals surface area contributed by atoms with Gasteiger partial charge in [0.1, 0.15) is 0 Å². The number of likely N-dealkylation sites (N-methyl/N-ethyl adjacent to an activating group) is 1. The zero-order valence-electron chi connectivity index (χ0n) is 11.8. The lowest BCUT2D eigenvalue weighted by molar-refractivity contribution is -0.123. The normalized spacial score (nSPS) is 19.9. The van der Waals surface area contributed by atoms with Gasteiger partial charge in [0.05, 0.1) is 5.54 Å². The predicted octanol–water partition coefficient (Wildman–Crippen LogP) is 2.54. The van der Waals surface area contributed by atoms with E-state index < -0.39 is 5.54 Å². The second-order valence-corrected chi connectivity index (χ2v) is 6.78. The van der Waals surface area contributed by atoms with Crippen LogP contribution in [0.4, 0.5) is 0 Å². The minimum Gasteiger partial charge on any atom is -0.368 e. The Kier molecular flexibility index (Phi) is 7.08. The van der Waals surface area contributed by atoms with Crippen molar-refractivity contribution in [2.24, 2.45) is 11.7 Å². The first-order valence-corrected chi connectivity index (χ1v) is 8.30. The molecule has 0 spiro atoms. The molecule has 1 unspecified atom stereocenters. The van der Waals surface area contributed by atoms with E-state index in [0.29, 0.717) is 0 Å². The lowest BCUT2D eigenvalue weighted by Gasteiger charge is -2.25. The van der Waals surface area contributed by atoms with Gasteiger partial charge < -0.3 is 11.1 Å². The van der Waals surface area contributed by atoms with Gasteiger partial charge in [-0.25, -0.2) is 0 Å². The summed E-state index contributed by atoms with van der Waals surface area (Å²) < 4.78 is 0. The summed E-state index contributed by atoms with van der Waals surface area (Å²) in [4.78, 5) is 11.3. The fourth-order valence-corrected chi connectivity index (χ4v) is 3.72. The number of nitrogens with one attached hydrogen (secondary N) is 1. The standard InChI is InChI=1S/C14H28N2OS/c1-14(16-2,13(15)17)9-5-6-10-18-11-12-7-3-4-8-12/h12,16H,3-11H2,1-2H3,(H2,15,17). The number of thioether (sulfide) groups is 1. The van der Waals surface area contributed by atoms with Crippen LogP contribution in [0.2, 0.25) is 0 Å². The molecule has 0 aromatic rings. The van der Waals surface area contributed by atoms with Crippen LogP contribution in [0.15, 0.2) is 0 Å². The highest BCUT2D eigenvalue weighted by Gasteiger charge is 2.27. The number of primary amides is 1. The van der Waals surface area contributed by atoms with Crippen molar-refractivity contribution >= 4 is 17.7 Å². The number of carbonyl (C=O) groups excluding carboxylic acids is 1. The molecule has 0 aromatic heterocycles. The third-order valence-corrected chi connectivity index (χ3v) is 5.42. The molecule has 4 heteroatoms. The van der Waals surface area contributed by atoms with Crippen molar-refractivity contribution in [2.45, 2.75) is 57.4 Å². The summed E-state index contributed by atoms with van der Waals surface area (Å²) in [6.45, 7) is 1.89. The zero-order valence-corrected chi connectivity index (χ0v) is 12.7. The fraction of sp³-hybridized carbons (Fsp3) is 0.929. The Morgan fingerprint density at radius 1 is 1.39 bits per heavy atom. The largest absolute Gasteiger partial charge is 0.368 e. The molecule has 1 aliphatic carbocycles. The number of unbranched alkanes of at least 4 members (excludes halogenated alkanes) is 1. The lowest BCUT2D eigenvalue weighted by Crippen LogP contribution is -2.51. The molecule has 0 heterocycles. The maximum Gasteiger partial charge on any atom is 0.237 e. The van der Waals surface area contributed by atoms with Gasteiger partial charge in [0.25, 0.3) is 0 Å². The Hall–Kier alpha value is -0.220. The van der Waals surface area contributed by atoms with Crippen molar-refractivity contribution in [3.05, 3.63) is 0 Å². The lowest BCUT2D eigenvalue weighted by atomic mass is 9.94. The highest BCUT2D eigenvalue weighted by Crippen LogP contribution is 2.28. The van der Waals surface area contributed by atoms with Crippen LogP contribution < -0.4 is 11.1 Å². The molecule has 0 radical (unpaired) electrons. The van der Waals surface area contributed by atoms with E-state index in [1.807, 2.05) is 6.92 Å². The minimum atomic E-state index is -0.532. The second kappa shape index (κ2) is 8.05. The van der Waals surface area contributed by atoms with E-state index in [0.717, 1.165) is 18.8 Å². The van der Waals surface area contributed by atoms with Crippen LogP contribution >= 0.6 is 11.8 Å². The van der Waals surface area contributed by atoms with Gasteiger partial charge in [-0.05, 0) is 57.1 Å². The molecule has 1 rings (SSSR count). The Bertz CT molecular complexity index is 254. The number of rotatable bonds is 9. The molecule has 0 saturated heterocycles. The molecule has 0 aromatic carbocycles. The number of hydrogen-bond acceptors (Lipinski definition) is 3. The SMILES string of the molecule is CNC(C)(CCCCSCC1CCCC1)C(N)=O. The van der Waals surface area contributed by atoms with Crippen LogP contribution in [0.5, 0.6) is 0 Å². The number of hydrogen-bond donors (Lipinski definition) is 2. The van der Waals surface area contributed by atoms with Crippen LogP contribution in [0.1, 0.15) is 51.9 Å². The summed E-state index contributed by atoms with van der Waals surface area (Å²) in [5, 5.41) is 3.03. The zero-order chi connectivity index (χ0) is 13.4. The third kappa shape index (κ3) is 5.19. The smallest absolute Gasteiger partial charge is 0.237 e. The summed E-state index contributed by atoms with van der Waals surface area (Å²) >= 11 is 2.08. The van der Waals surface area contributed by atoms with E-state index in [-0.39, 0.29) is 5.91 Å². The first-order valence-electron chi connectivity index (χ1n) is 7.15. The van der Waals surface area contributed by atoms with Gasteiger partial charge in [-0.2, -0.15) is 11.8 Å². The second-order valence-electron chi connectivity index (χ2n) is 5.63. The monoisotopic (exact) mass is 272 g/mol. The van der Waals surface area contributed by atoms with E-state index in [9.17, 15) is 4.79 Å². The molecular weight excluding hydrogens is 244 g/mol. The summed E-state index contributed by atoms with van der Waals surface area (Å²) in [6, 6.07) is 0. The molecule has 1 saturated carbocycles. The Labute approximate surface area is 116 Å². The molecule has 0 bridgehead atoms. The van der Waals surface area contributed by atoms with Gasteiger partial charge in [0.15, 0.2) is 0 Å². The summed E-state index contributed by atoms with van der Waals surface area (Å²) in [5.41, 5.74) is 4.87. The molecule has 3 nitrogen and oxygen atoms in total. The van der Waals surface area contributed by atoms with Crippen molar-refractivity contribution in [2.75, 3.05) is 18.6 Å². The predicted molar refractivity (Wildman–Crippen MR) is 79.8 cm³/mol. The molecular formula is C14H28N2OS. The van der Waals surface area contributed by atoms with Gasteiger partial charge in [0, 0.05) is 0 Å². The van der Waals surface area contributed by atoms with Crippen LogP contribution in [-0.4, -0.2) is 30.0 Å². The van der Waals surface area contributed by atoms with Gasteiger partial charge in [-0.15, -0.1) is 0 Å². The molecule has 3 N–H and O–H groups in total. The first kappa shape index (κ1) is 15.8. The number of carbonyl (C=O) groups is 1. The quantitative estimate of drug-likeness (QED) is 0.634. The average Bonchev–Trinajstić information content (AvgIpc) is 2.86. The van der Waals surface area contributed by atoms with Crippen molar-refractivity contribution in [3.8, 4) is 0 Å². The molecule has 106 valence electrons. The highest BCUT2D eigenvalue weighted by molar-refractivity contribution is 7.99.